The second-order valence-corrected chi connectivity index (χ2v) is 6.01. The lowest BCUT2D eigenvalue weighted by molar-refractivity contribution is 0.632. The molecule has 1 N–H and O–H groups in total. The summed E-state index contributed by atoms with van der Waals surface area (Å²) in [4.78, 5) is 3.29. The molecule has 0 aliphatic heterocycles. The molecule has 0 bridgehead atoms. The molecule has 1 heteroatoms. The highest BCUT2D eigenvalue weighted by molar-refractivity contribution is 5.82. The normalized spacial score (nSPS) is 12.7. The maximum absolute atomic E-state index is 3.29. The van der Waals surface area contributed by atoms with E-state index >= 15 is 0 Å². The third kappa shape index (κ3) is 3.02. The van der Waals surface area contributed by atoms with Crippen LogP contribution in [0.25, 0.3) is 10.9 Å². The SMILES string of the molecule is Cc1ccccc1C(C)CCCc1cccc2[nH]ccc12. The number of H-pyrrole nitrogens is 1. The molecule has 1 aromatic heterocycles. The molecule has 0 fully saturated rings. The van der Waals surface area contributed by atoms with Crippen molar-refractivity contribution in [1.82, 2.24) is 4.98 Å². The van der Waals surface area contributed by atoms with Crippen molar-refractivity contribution < 1.29 is 0 Å². The minimum absolute atomic E-state index is 0.636. The zero-order valence-electron chi connectivity index (χ0n) is 12.9. The van der Waals surface area contributed by atoms with E-state index in [0.717, 1.165) is 6.42 Å². The number of nitrogens with one attached hydrogen (secondary N) is 1. The van der Waals surface area contributed by atoms with E-state index in [9.17, 15) is 0 Å². The molecule has 3 aromatic rings. The van der Waals surface area contributed by atoms with Gasteiger partial charge in [0.15, 0.2) is 0 Å². The van der Waals surface area contributed by atoms with Gasteiger partial charge in [-0.2, -0.15) is 0 Å². The first-order valence-corrected chi connectivity index (χ1v) is 7.86. The number of fused-ring (bicyclic) bond motifs is 1. The molecule has 1 nitrogen and oxygen atoms in total. The number of aromatic nitrogens is 1. The van der Waals surface area contributed by atoms with Gasteiger partial charge in [0.25, 0.3) is 0 Å². The van der Waals surface area contributed by atoms with E-state index in [4.69, 9.17) is 0 Å². The average Bonchev–Trinajstić information content (AvgIpc) is 2.97. The molecule has 0 aliphatic carbocycles. The van der Waals surface area contributed by atoms with E-state index in [-0.39, 0.29) is 0 Å². The van der Waals surface area contributed by atoms with Gasteiger partial charge in [-0.25, -0.2) is 0 Å². The van der Waals surface area contributed by atoms with E-state index in [0.29, 0.717) is 5.92 Å². The van der Waals surface area contributed by atoms with E-state index in [1.807, 2.05) is 6.20 Å². The summed E-state index contributed by atoms with van der Waals surface area (Å²) in [5.41, 5.74) is 5.63. The van der Waals surface area contributed by atoms with Crippen molar-refractivity contribution >= 4 is 10.9 Å². The Bertz CT molecular complexity index is 723. The molecule has 2 aromatic carbocycles. The van der Waals surface area contributed by atoms with E-state index in [1.165, 1.54) is 40.4 Å². The number of rotatable bonds is 5. The molecule has 108 valence electrons. The first-order chi connectivity index (χ1) is 10.3. The molecule has 0 saturated heterocycles. The van der Waals surface area contributed by atoms with Crippen LogP contribution in [-0.2, 0) is 6.42 Å². The van der Waals surface area contributed by atoms with Crippen LogP contribution in [0.3, 0.4) is 0 Å². The minimum atomic E-state index is 0.636. The molecule has 21 heavy (non-hydrogen) atoms. The van der Waals surface area contributed by atoms with Gasteiger partial charge in [0, 0.05) is 17.1 Å². The topological polar surface area (TPSA) is 15.8 Å². The van der Waals surface area contributed by atoms with Crippen LogP contribution < -0.4 is 0 Å². The predicted octanol–water partition coefficient (Wildman–Crippen LogP) is 5.60. The van der Waals surface area contributed by atoms with Crippen molar-refractivity contribution in [3.8, 4) is 0 Å². The van der Waals surface area contributed by atoms with Crippen molar-refractivity contribution in [1.29, 1.82) is 0 Å². The number of aromatic amines is 1. The van der Waals surface area contributed by atoms with Crippen molar-refractivity contribution in [2.24, 2.45) is 0 Å². The summed E-state index contributed by atoms with van der Waals surface area (Å²) in [5, 5.41) is 1.38. The van der Waals surface area contributed by atoms with Crippen molar-refractivity contribution in [3.63, 3.8) is 0 Å². The highest BCUT2D eigenvalue weighted by atomic mass is 14.7. The van der Waals surface area contributed by atoms with Crippen LogP contribution >= 0.6 is 0 Å². The third-order valence-electron chi connectivity index (χ3n) is 4.49. The fraction of sp³-hybridized carbons (Fsp3) is 0.300. The summed E-state index contributed by atoms with van der Waals surface area (Å²) in [6, 6.07) is 17.5. The molecule has 1 heterocycles. The zero-order valence-corrected chi connectivity index (χ0v) is 12.9. The second-order valence-electron chi connectivity index (χ2n) is 6.01. The molecule has 0 aliphatic rings. The molecule has 0 saturated carbocycles. The van der Waals surface area contributed by atoms with Crippen LogP contribution in [0.2, 0.25) is 0 Å². The maximum atomic E-state index is 3.29. The summed E-state index contributed by atoms with van der Waals surface area (Å²) in [6.45, 7) is 4.56. The molecule has 0 amide bonds. The average molecular weight is 277 g/mol. The Labute approximate surface area is 127 Å². The lowest BCUT2D eigenvalue weighted by Crippen LogP contribution is -1.98. The van der Waals surface area contributed by atoms with Gasteiger partial charge in [-0.15, -0.1) is 0 Å². The van der Waals surface area contributed by atoms with Gasteiger partial charge in [0.05, 0.1) is 0 Å². The summed E-state index contributed by atoms with van der Waals surface area (Å²) < 4.78 is 0. The first-order valence-electron chi connectivity index (χ1n) is 7.86. The second kappa shape index (κ2) is 6.17. The van der Waals surface area contributed by atoms with Crippen molar-refractivity contribution in [3.05, 3.63) is 71.4 Å². The Kier molecular flexibility index (Phi) is 4.10. The standard InChI is InChI=1S/C20H23N/c1-15-7-3-4-11-18(15)16(2)8-5-9-17-10-6-12-20-19(17)13-14-21-20/h3-4,6-7,10-14,16,21H,5,8-9H2,1-2H3. The molecule has 1 atom stereocenters. The lowest BCUT2D eigenvalue weighted by atomic mass is 9.91. The van der Waals surface area contributed by atoms with Crippen LogP contribution in [-0.4, -0.2) is 4.98 Å². The molecule has 3 rings (SSSR count). The Balaban J connectivity index is 1.64. The number of aryl methyl sites for hydroxylation is 2. The quantitative estimate of drug-likeness (QED) is 0.624. The largest absolute Gasteiger partial charge is 0.361 e. The monoisotopic (exact) mass is 277 g/mol. The van der Waals surface area contributed by atoms with E-state index in [1.54, 1.807) is 0 Å². The summed E-state index contributed by atoms with van der Waals surface area (Å²) in [6.07, 6.45) is 5.67. The smallest absolute Gasteiger partial charge is 0.0456 e. The Morgan fingerprint density at radius 1 is 1.00 bits per heavy atom. The zero-order chi connectivity index (χ0) is 14.7. The van der Waals surface area contributed by atoms with Gasteiger partial charge in [0.2, 0.25) is 0 Å². The van der Waals surface area contributed by atoms with Gasteiger partial charge >= 0.3 is 0 Å². The fourth-order valence-electron chi connectivity index (χ4n) is 3.26. The van der Waals surface area contributed by atoms with Gasteiger partial charge < -0.3 is 4.98 Å². The molecular formula is C20H23N. The fourth-order valence-corrected chi connectivity index (χ4v) is 3.26. The van der Waals surface area contributed by atoms with Crippen molar-refractivity contribution in [2.45, 2.75) is 39.0 Å². The van der Waals surface area contributed by atoms with Crippen LogP contribution in [0, 0.1) is 6.92 Å². The highest BCUT2D eigenvalue weighted by Gasteiger charge is 2.08. The summed E-state index contributed by atoms with van der Waals surface area (Å²) in [5.74, 6) is 0.636. The van der Waals surface area contributed by atoms with Gasteiger partial charge in [-0.05, 0) is 60.9 Å². The van der Waals surface area contributed by atoms with Crippen LogP contribution in [0.4, 0.5) is 0 Å². The maximum Gasteiger partial charge on any atom is 0.0456 e. The summed E-state index contributed by atoms with van der Waals surface area (Å²) in [7, 11) is 0. The molecular weight excluding hydrogens is 254 g/mol. The summed E-state index contributed by atoms with van der Waals surface area (Å²) >= 11 is 0. The first kappa shape index (κ1) is 13.9. The van der Waals surface area contributed by atoms with Crippen LogP contribution in [0.15, 0.2) is 54.7 Å². The van der Waals surface area contributed by atoms with E-state index in [2.05, 4.69) is 67.4 Å². The Morgan fingerprint density at radius 2 is 1.86 bits per heavy atom. The number of benzene rings is 2. The number of hydrogen-bond acceptors (Lipinski definition) is 0. The Morgan fingerprint density at radius 3 is 2.71 bits per heavy atom. The lowest BCUT2D eigenvalue weighted by Gasteiger charge is -2.14. The van der Waals surface area contributed by atoms with Crippen LogP contribution in [0.5, 0.6) is 0 Å². The van der Waals surface area contributed by atoms with E-state index < -0.39 is 0 Å². The molecule has 0 spiro atoms. The van der Waals surface area contributed by atoms with Crippen LogP contribution in [0.1, 0.15) is 42.4 Å². The third-order valence-corrected chi connectivity index (χ3v) is 4.49. The number of hydrogen-bond donors (Lipinski definition) is 1. The Hall–Kier alpha value is -2.02. The van der Waals surface area contributed by atoms with Crippen molar-refractivity contribution in [2.75, 3.05) is 0 Å². The van der Waals surface area contributed by atoms with Gasteiger partial charge in [0.1, 0.15) is 0 Å². The van der Waals surface area contributed by atoms with Gasteiger partial charge in [-0.3, -0.25) is 0 Å². The molecule has 1 unspecified atom stereocenters. The molecule has 0 radical (unpaired) electrons. The predicted molar refractivity (Wildman–Crippen MR) is 90.8 cm³/mol. The van der Waals surface area contributed by atoms with Gasteiger partial charge in [-0.1, -0.05) is 43.3 Å². The highest BCUT2D eigenvalue weighted by Crippen LogP contribution is 2.26. The minimum Gasteiger partial charge on any atom is -0.361 e.